The molecule has 2 atom stereocenters. The van der Waals surface area contributed by atoms with Crippen molar-refractivity contribution in [3.8, 4) is 5.75 Å². The Morgan fingerprint density at radius 1 is 1.31 bits per heavy atom. The van der Waals surface area contributed by atoms with E-state index in [2.05, 4.69) is 23.5 Å². The molecule has 1 heterocycles. The quantitative estimate of drug-likeness (QED) is 0.418. The number of nitrogens with one attached hydrogen (secondary N) is 1. The van der Waals surface area contributed by atoms with Crippen molar-refractivity contribution in [2.45, 2.75) is 31.6 Å². The van der Waals surface area contributed by atoms with Gasteiger partial charge in [-0.2, -0.15) is 0 Å². The van der Waals surface area contributed by atoms with Crippen molar-refractivity contribution in [3.63, 3.8) is 0 Å². The minimum Gasteiger partial charge on any atom is -0.490 e. The van der Waals surface area contributed by atoms with Gasteiger partial charge in [-0.15, -0.1) is 0 Å². The maximum Gasteiger partial charge on any atom is 0.312 e. The number of hydrogen-bond acceptors (Lipinski definition) is 6. The van der Waals surface area contributed by atoms with Crippen LogP contribution in [0.1, 0.15) is 26.7 Å². The molecule has 0 radical (unpaired) electrons. The number of piperidine rings is 1. The second-order valence-electron chi connectivity index (χ2n) is 7.05. The molecule has 1 aromatic rings. The number of benzene rings is 1. The fourth-order valence-corrected chi connectivity index (χ4v) is 4.64. The molecule has 0 bridgehead atoms. The third kappa shape index (κ3) is 5.39. The smallest absolute Gasteiger partial charge is 0.312 e. The van der Waals surface area contributed by atoms with Gasteiger partial charge in [-0.1, -0.05) is 13.8 Å². The van der Waals surface area contributed by atoms with Gasteiger partial charge < -0.3 is 9.64 Å². The van der Waals surface area contributed by atoms with Crippen LogP contribution in [-0.2, 0) is 10.0 Å². The summed E-state index contributed by atoms with van der Waals surface area (Å²) in [6, 6.07) is 3.63. The molecule has 1 aliphatic rings. The lowest BCUT2D eigenvalue weighted by atomic mass is 9.92. The molecule has 1 N–H and O–H groups in total. The Labute approximate surface area is 154 Å². The van der Waals surface area contributed by atoms with E-state index in [1.165, 1.54) is 25.7 Å². The van der Waals surface area contributed by atoms with E-state index in [0.29, 0.717) is 24.8 Å². The molecular weight excluding hydrogens is 358 g/mol. The zero-order valence-corrected chi connectivity index (χ0v) is 16.3. The molecule has 0 amide bonds. The Balaban J connectivity index is 1.92. The van der Waals surface area contributed by atoms with Crippen LogP contribution in [0.4, 0.5) is 5.69 Å². The van der Waals surface area contributed by atoms with Gasteiger partial charge in [0.2, 0.25) is 10.0 Å². The van der Waals surface area contributed by atoms with E-state index in [0.717, 1.165) is 25.7 Å². The van der Waals surface area contributed by atoms with Crippen LogP contribution >= 0.6 is 0 Å². The van der Waals surface area contributed by atoms with Crippen LogP contribution in [0.5, 0.6) is 5.75 Å². The van der Waals surface area contributed by atoms with Crippen molar-refractivity contribution < 1.29 is 18.1 Å². The zero-order chi connectivity index (χ0) is 19.3. The number of sulfonamides is 1. The van der Waals surface area contributed by atoms with Gasteiger partial charge in [0.15, 0.2) is 5.75 Å². The molecule has 0 aliphatic carbocycles. The van der Waals surface area contributed by atoms with Crippen LogP contribution in [0.3, 0.4) is 0 Å². The van der Waals surface area contributed by atoms with Gasteiger partial charge in [-0.05, 0) is 43.4 Å². The number of nitro benzene ring substituents is 1. The van der Waals surface area contributed by atoms with Crippen LogP contribution in [0.25, 0.3) is 0 Å². The average molecular weight is 385 g/mol. The second-order valence-corrected chi connectivity index (χ2v) is 8.81. The Hall–Kier alpha value is -1.71. The van der Waals surface area contributed by atoms with E-state index >= 15 is 0 Å². The molecule has 0 spiro atoms. The summed E-state index contributed by atoms with van der Waals surface area (Å²) in [5.74, 6) is 1.35. The average Bonchev–Trinajstić information content (AvgIpc) is 2.57. The Kier molecular flexibility index (Phi) is 6.96. The highest BCUT2D eigenvalue weighted by Crippen LogP contribution is 2.29. The van der Waals surface area contributed by atoms with Crippen LogP contribution in [0.15, 0.2) is 23.1 Å². The number of methoxy groups -OCH3 is 1. The summed E-state index contributed by atoms with van der Waals surface area (Å²) < 4.78 is 32.2. The van der Waals surface area contributed by atoms with E-state index in [4.69, 9.17) is 4.74 Å². The topological polar surface area (TPSA) is 102 Å². The molecule has 1 aromatic carbocycles. The Morgan fingerprint density at radius 3 is 2.54 bits per heavy atom. The lowest BCUT2D eigenvalue weighted by Gasteiger charge is -2.34. The normalized spacial score (nSPS) is 21.5. The van der Waals surface area contributed by atoms with Gasteiger partial charge >= 0.3 is 5.69 Å². The molecule has 8 nitrogen and oxygen atoms in total. The van der Waals surface area contributed by atoms with Crippen molar-refractivity contribution in [1.29, 1.82) is 0 Å². The summed E-state index contributed by atoms with van der Waals surface area (Å²) in [4.78, 5) is 12.6. The highest BCUT2D eigenvalue weighted by atomic mass is 32.2. The standard InChI is InChI=1S/C17H27N3O5S/c1-13-9-14(2)12-19(11-13)8-4-7-18-26(23,24)15-5-6-17(25-3)16(10-15)20(21)22/h5-6,10,13-14,18H,4,7-9,11-12H2,1-3H3/t13-,14-/m0/s1. The largest absolute Gasteiger partial charge is 0.490 e. The molecule has 9 heteroatoms. The number of ether oxygens (including phenoxy) is 1. The van der Waals surface area contributed by atoms with Gasteiger partial charge in [0, 0.05) is 25.7 Å². The van der Waals surface area contributed by atoms with Gasteiger partial charge in [0.1, 0.15) is 0 Å². The van der Waals surface area contributed by atoms with E-state index < -0.39 is 14.9 Å². The minimum atomic E-state index is -3.79. The maximum absolute atomic E-state index is 12.4. The first-order chi connectivity index (χ1) is 12.2. The lowest BCUT2D eigenvalue weighted by Crippen LogP contribution is -2.40. The predicted octanol–water partition coefficient (Wildman–Crippen LogP) is 2.25. The highest BCUT2D eigenvalue weighted by molar-refractivity contribution is 7.89. The fourth-order valence-electron chi connectivity index (χ4n) is 3.55. The lowest BCUT2D eigenvalue weighted by molar-refractivity contribution is -0.386. The molecule has 0 saturated carbocycles. The summed E-state index contributed by atoms with van der Waals surface area (Å²) >= 11 is 0. The summed E-state index contributed by atoms with van der Waals surface area (Å²) in [5.41, 5.74) is -0.369. The molecule has 1 saturated heterocycles. The second kappa shape index (κ2) is 8.79. The van der Waals surface area contributed by atoms with E-state index in [1.807, 2.05) is 0 Å². The minimum absolute atomic E-state index is 0.0299. The van der Waals surface area contributed by atoms with Gasteiger partial charge in [0.25, 0.3) is 0 Å². The fraction of sp³-hybridized carbons (Fsp3) is 0.647. The monoisotopic (exact) mass is 385 g/mol. The number of hydrogen-bond donors (Lipinski definition) is 1. The SMILES string of the molecule is COc1ccc(S(=O)(=O)NCCCN2C[C@@H](C)C[C@H](C)C2)cc1[N+](=O)[O-]. The first-order valence-corrected chi connectivity index (χ1v) is 10.3. The highest BCUT2D eigenvalue weighted by Gasteiger charge is 2.23. The molecule has 146 valence electrons. The van der Waals surface area contributed by atoms with Crippen molar-refractivity contribution in [3.05, 3.63) is 28.3 Å². The summed E-state index contributed by atoms with van der Waals surface area (Å²) in [7, 11) is -2.49. The van der Waals surface area contributed by atoms with E-state index in [-0.39, 0.29) is 16.3 Å². The summed E-state index contributed by atoms with van der Waals surface area (Å²) in [6.45, 7) is 7.69. The van der Waals surface area contributed by atoms with E-state index in [9.17, 15) is 18.5 Å². The van der Waals surface area contributed by atoms with Crippen LogP contribution in [0.2, 0.25) is 0 Å². The van der Waals surface area contributed by atoms with E-state index in [1.54, 1.807) is 0 Å². The number of rotatable bonds is 8. The Bertz CT molecular complexity index is 728. The molecule has 2 rings (SSSR count). The molecule has 1 aliphatic heterocycles. The van der Waals surface area contributed by atoms with Crippen LogP contribution < -0.4 is 9.46 Å². The number of likely N-dealkylation sites (tertiary alicyclic amines) is 1. The first-order valence-electron chi connectivity index (χ1n) is 8.77. The van der Waals surface area contributed by atoms with Crippen LogP contribution in [-0.4, -0.2) is 51.5 Å². The van der Waals surface area contributed by atoms with Crippen molar-refractivity contribution in [2.75, 3.05) is 33.3 Å². The predicted molar refractivity (Wildman–Crippen MR) is 98.8 cm³/mol. The zero-order valence-electron chi connectivity index (χ0n) is 15.5. The number of nitro groups is 1. The van der Waals surface area contributed by atoms with Crippen molar-refractivity contribution in [2.24, 2.45) is 11.8 Å². The van der Waals surface area contributed by atoms with Gasteiger partial charge in [0.05, 0.1) is 16.9 Å². The van der Waals surface area contributed by atoms with Crippen LogP contribution in [0, 0.1) is 22.0 Å². The van der Waals surface area contributed by atoms with Gasteiger partial charge in [-0.25, -0.2) is 13.1 Å². The molecule has 0 aromatic heterocycles. The molecule has 1 fully saturated rings. The van der Waals surface area contributed by atoms with Crippen molar-refractivity contribution >= 4 is 15.7 Å². The summed E-state index contributed by atoms with van der Waals surface area (Å²) in [6.07, 6.45) is 1.93. The van der Waals surface area contributed by atoms with Crippen molar-refractivity contribution in [1.82, 2.24) is 9.62 Å². The molecule has 26 heavy (non-hydrogen) atoms. The van der Waals surface area contributed by atoms with Gasteiger partial charge in [-0.3, -0.25) is 10.1 Å². The molecule has 0 unspecified atom stereocenters. The third-order valence-electron chi connectivity index (χ3n) is 4.54. The summed E-state index contributed by atoms with van der Waals surface area (Å²) in [5, 5.41) is 11.1. The maximum atomic E-state index is 12.4. The number of nitrogens with zero attached hydrogens (tertiary/aromatic N) is 2. The Morgan fingerprint density at radius 2 is 1.96 bits per heavy atom. The third-order valence-corrected chi connectivity index (χ3v) is 6.00. The first kappa shape index (κ1) is 20.6. The molecular formula is C17H27N3O5S.